The van der Waals surface area contributed by atoms with Crippen molar-refractivity contribution in [2.75, 3.05) is 6.61 Å². The molecule has 0 aliphatic rings. The van der Waals surface area contributed by atoms with E-state index in [1.54, 1.807) is 12.1 Å². The maximum atomic E-state index is 11.5. The van der Waals surface area contributed by atoms with Gasteiger partial charge in [-0.2, -0.15) is 0 Å². The molecule has 15 heavy (non-hydrogen) atoms. The van der Waals surface area contributed by atoms with Crippen molar-refractivity contribution >= 4 is 17.4 Å². The summed E-state index contributed by atoms with van der Waals surface area (Å²) in [5.41, 5.74) is 0.595. The van der Waals surface area contributed by atoms with Gasteiger partial charge < -0.3 is 4.74 Å². The van der Waals surface area contributed by atoms with Crippen molar-refractivity contribution in [2.24, 2.45) is 0 Å². The lowest BCUT2D eigenvalue weighted by Crippen LogP contribution is -2.04. The first kappa shape index (κ1) is 11.8. The largest absolute Gasteiger partial charge is 0.487 e. The fourth-order valence-corrected chi connectivity index (χ4v) is 1.22. The monoisotopic (exact) mass is 224 g/mol. The van der Waals surface area contributed by atoms with Gasteiger partial charge in [0.05, 0.1) is 5.56 Å². The van der Waals surface area contributed by atoms with E-state index in [1.807, 2.05) is 19.1 Å². The number of benzene rings is 1. The van der Waals surface area contributed by atoms with Gasteiger partial charge in [0.15, 0.2) is 5.78 Å². The minimum atomic E-state index is 0.0609. The summed E-state index contributed by atoms with van der Waals surface area (Å²) in [6.07, 6.45) is 0.461. The molecule has 0 aromatic heterocycles. The van der Waals surface area contributed by atoms with Crippen LogP contribution in [0.4, 0.5) is 0 Å². The molecule has 1 aromatic rings. The maximum absolute atomic E-state index is 11.5. The van der Waals surface area contributed by atoms with Gasteiger partial charge >= 0.3 is 0 Å². The van der Waals surface area contributed by atoms with Crippen LogP contribution in [0.1, 0.15) is 23.7 Å². The predicted octanol–water partition coefficient (Wildman–Crippen LogP) is 3.41. The van der Waals surface area contributed by atoms with Gasteiger partial charge in [-0.15, -0.1) is 0 Å². The van der Waals surface area contributed by atoms with Gasteiger partial charge in [0, 0.05) is 11.5 Å². The van der Waals surface area contributed by atoms with Gasteiger partial charge in [0.2, 0.25) is 0 Å². The number of rotatable bonds is 5. The molecular formula is C12H13ClO2. The molecule has 1 rings (SSSR count). The standard InChI is InChI=1S/C12H13ClO2/c1-3-11(14)10-6-4-5-7-12(10)15-8-9(2)13/h4-7H,2-3,8H2,1H3. The van der Waals surface area contributed by atoms with Crippen LogP contribution in [-0.4, -0.2) is 12.4 Å². The quantitative estimate of drug-likeness (QED) is 0.717. The second kappa shape index (κ2) is 5.56. The number of Topliss-reactive ketones (excluding diaryl/α,β-unsaturated/α-hetero) is 1. The number of carbonyl (C=O) groups is 1. The summed E-state index contributed by atoms with van der Waals surface area (Å²) < 4.78 is 5.37. The van der Waals surface area contributed by atoms with Gasteiger partial charge in [-0.3, -0.25) is 4.79 Å². The maximum Gasteiger partial charge on any atom is 0.166 e. The Morgan fingerprint density at radius 3 is 2.73 bits per heavy atom. The average molecular weight is 225 g/mol. The zero-order valence-electron chi connectivity index (χ0n) is 8.63. The number of carbonyl (C=O) groups excluding carboxylic acids is 1. The summed E-state index contributed by atoms with van der Waals surface area (Å²) in [6, 6.07) is 7.13. The van der Waals surface area contributed by atoms with E-state index < -0.39 is 0 Å². The highest BCUT2D eigenvalue weighted by Gasteiger charge is 2.09. The van der Waals surface area contributed by atoms with Gasteiger partial charge in [0.1, 0.15) is 12.4 Å². The highest BCUT2D eigenvalue weighted by molar-refractivity contribution is 6.29. The van der Waals surface area contributed by atoms with Crippen LogP contribution in [0.5, 0.6) is 5.75 Å². The van der Waals surface area contributed by atoms with Crippen LogP contribution in [0.3, 0.4) is 0 Å². The summed E-state index contributed by atoms with van der Waals surface area (Å²) in [7, 11) is 0. The number of para-hydroxylation sites is 1. The zero-order chi connectivity index (χ0) is 11.3. The predicted molar refractivity (Wildman–Crippen MR) is 61.6 cm³/mol. The molecule has 1 aromatic carbocycles. The molecule has 0 spiro atoms. The fourth-order valence-electron chi connectivity index (χ4n) is 1.17. The van der Waals surface area contributed by atoms with Crippen LogP contribution in [0.25, 0.3) is 0 Å². The van der Waals surface area contributed by atoms with Crippen molar-refractivity contribution in [1.29, 1.82) is 0 Å². The Hall–Kier alpha value is -1.28. The van der Waals surface area contributed by atoms with Crippen molar-refractivity contribution in [2.45, 2.75) is 13.3 Å². The molecule has 0 heterocycles. The van der Waals surface area contributed by atoms with Crippen molar-refractivity contribution in [3.63, 3.8) is 0 Å². The number of hydrogen-bond donors (Lipinski definition) is 0. The highest BCUT2D eigenvalue weighted by atomic mass is 35.5. The van der Waals surface area contributed by atoms with Crippen LogP contribution in [-0.2, 0) is 0 Å². The third kappa shape index (κ3) is 3.40. The van der Waals surface area contributed by atoms with E-state index in [9.17, 15) is 4.79 Å². The number of hydrogen-bond acceptors (Lipinski definition) is 2. The summed E-state index contributed by atoms with van der Waals surface area (Å²) in [5, 5.41) is 0.411. The molecule has 80 valence electrons. The molecule has 0 saturated carbocycles. The average Bonchev–Trinajstić information content (AvgIpc) is 2.25. The Balaban J connectivity index is 2.86. The van der Waals surface area contributed by atoms with E-state index in [2.05, 4.69) is 6.58 Å². The first-order valence-corrected chi connectivity index (χ1v) is 5.11. The Kier molecular flexibility index (Phi) is 4.37. The van der Waals surface area contributed by atoms with Crippen molar-refractivity contribution < 1.29 is 9.53 Å². The smallest absolute Gasteiger partial charge is 0.166 e. The summed E-state index contributed by atoms with van der Waals surface area (Å²) in [5.74, 6) is 0.622. The number of ether oxygens (including phenoxy) is 1. The first-order chi connectivity index (χ1) is 7.15. The van der Waals surface area contributed by atoms with E-state index in [0.717, 1.165) is 0 Å². The van der Waals surface area contributed by atoms with Crippen molar-refractivity contribution in [3.8, 4) is 5.75 Å². The zero-order valence-corrected chi connectivity index (χ0v) is 9.38. The Morgan fingerprint density at radius 2 is 2.13 bits per heavy atom. The minimum Gasteiger partial charge on any atom is -0.487 e. The highest BCUT2D eigenvalue weighted by Crippen LogP contribution is 2.20. The lowest BCUT2D eigenvalue weighted by atomic mass is 10.1. The molecule has 0 bridgehead atoms. The molecule has 0 aliphatic heterocycles. The van der Waals surface area contributed by atoms with Crippen LogP contribution < -0.4 is 4.74 Å². The molecule has 0 radical (unpaired) electrons. The van der Waals surface area contributed by atoms with E-state index in [0.29, 0.717) is 22.8 Å². The van der Waals surface area contributed by atoms with Crippen LogP contribution in [0.15, 0.2) is 35.9 Å². The van der Waals surface area contributed by atoms with Crippen molar-refractivity contribution in [1.82, 2.24) is 0 Å². The summed E-state index contributed by atoms with van der Waals surface area (Å²) in [4.78, 5) is 11.5. The molecule has 0 aliphatic carbocycles. The van der Waals surface area contributed by atoms with E-state index in [-0.39, 0.29) is 12.4 Å². The van der Waals surface area contributed by atoms with Crippen LogP contribution in [0, 0.1) is 0 Å². The second-order valence-corrected chi connectivity index (χ2v) is 3.61. The minimum absolute atomic E-state index is 0.0609. The lowest BCUT2D eigenvalue weighted by Gasteiger charge is -2.08. The molecular weight excluding hydrogens is 212 g/mol. The molecule has 0 amide bonds. The summed E-state index contributed by atoms with van der Waals surface area (Å²) >= 11 is 5.59. The topological polar surface area (TPSA) is 26.3 Å². The van der Waals surface area contributed by atoms with Crippen LogP contribution in [0.2, 0.25) is 0 Å². The molecule has 3 heteroatoms. The Labute approximate surface area is 94.5 Å². The van der Waals surface area contributed by atoms with Gasteiger partial charge in [0.25, 0.3) is 0 Å². The third-order valence-corrected chi connectivity index (χ3v) is 2.00. The van der Waals surface area contributed by atoms with E-state index in [1.165, 1.54) is 0 Å². The molecule has 2 nitrogen and oxygen atoms in total. The lowest BCUT2D eigenvalue weighted by molar-refractivity contribution is 0.0984. The molecule has 0 atom stereocenters. The van der Waals surface area contributed by atoms with E-state index in [4.69, 9.17) is 16.3 Å². The molecule has 0 N–H and O–H groups in total. The van der Waals surface area contributed by atoms with Gasteiger partial charge in [-0.1, -0.05) is 37.2 Å². The molecule has 0 unspecified atom stereocenters. The summed E-state index contributed by atoms with van der Waals surface area (Å²) in [6.45, 7) is 5.56. The Morgan fingerprint density at radius 1 is 1.47 bits per heavy atom. The number of halogens is 1. The van der Waals surface area contributed by atoms with Crippen LogP contribution >= 0.6 is 11.6 Å². The van der Waals surface area contributed by atoms with E-state index >= 15 is 0 Å². The molecule has 0 saturated heterocycles. The normalized spacial score (nSPS) is 9.73. The van der Waals surface area contributed by atoms with Gasteiger partial charge in [-0.05, 0) is 12.1 Å². The number of ketones is 1. The molecule has 0 fully saturated rings. The first-order valence-electron chi connectivity index (χ1n) is 4.73. The Bertz CT molecular complexity index is 372. The SMILES string of the molecule is C=C(Cl)COc1ccccc1C(=O)CC. The van der Waals surface area contributed by atoms with Crippen molar-refractivity contribution in [3.05, 3.63) is 41.4 Å². The third-order valence-electron chi connectivity index (χ3n) is 1.89. The second-order valence-electron chi connectivity index (χ2n) is 3.08. The van der Waals surface area contributed by atoms with Gasteiger partial charge in [-0.25, -0.2) is 0 Å². The fraction of sp³-hybridized carbons (Fsp3) is 0.250.